The molecule has 0 aliphatic carbocycles. The number of carbonyl (C=O) groups excluding carboxylic acids is 1. The zero-order chi connectivity index (χ0) is 13.2. The van der Waals surface area contributed by atoms with Crippen LogP contribution in [-0.4, -0.2) is 32.2 Å². The number of thioether (sulfide) groups is 1. The van der Waals surface area contributed by atoms with Crippen LogP contribution in [0, 0.1) is 13.8 Å². The lowest BCUT2D eigenvalue weighted by Crippen LogP contribution is -2.23. The molecule has 1 atom stereocenters. The summed E-state index contributed by atoms with van der Waals surface area (Å²) in [6, 6.07) is 0. The molecule has 3 N–H and O–H groups in total. The molecule has 7 heteroatoms. The molecule has 0 aliphatic heterocycles. The van der Waals surface area contributed by atoms with Gasteiger partial charge >= 0.3 is 5.97 Å². The molecule has 92 valence electrons. The Labute approximate surface area is 103 Å². The van der Waals surface area contributed by atoms with E-state index in [1.807, 2.05) is 0 Å². The molecule has 1 rings (SSSR count). The van der Waals surface area contributed by atoms with Gasteiger partial charge in [-0.15, -0.1) is 0 Å². The molecule has 1 unspecified atom stereocenters. The molecule has 17 heavy (non-hydrogen) atoms. The minimum absolute atomic E-state index is 0.0219. The quantitative estimate of drug-likeness (QED) is 0.607. The molecule has 6 nitrogen and oxygen atoms in total. The van der Waals surface area contributed by atoms with Crippen LogP contribution < -0.4 is 5.73 Å². The summed E-state index contributed by atoms with van der Waals surface area (Å²) in [5.41, 5.74) is 5.54. The summed E-state index contributed by atoms with van der Waals surface area (Å²) in [5.74, 6) is -1.16. The summed E-state index contributed by atoms with van der Waals surface area (Å²) in [6.45, 7) is 4.86. The molecule has 1 amide bonds. The lowest BCUT2D eigenvalue weighted by molar-refractivity contribution is -0.117. The van der Waals surface area contributed by atoms with Crippen LogP contribution in [-0.2, 0) is 4.79 Å². The molecule has 0 spiro atoms. The van der Waals surface area contributed by atoms with E-state index < -0.39 is 17.1 Å². The first kappa shape index (κ1) is 13.4. The highest BCUT2D eigenvalue weighted by atomic mass is 32.2. The number of aromatic nitrogens is 2. The minimum Gasteiger partial charge on any atom is -0.478 e. The smallest absolute Gasteiger partial charge is 0.340 e. The number of carboxylic acid groups (broad SMARTS) is 1. The van der Waals surface area contributed by atoms with E-state index in [-0.39, 0.29) is 10.6 Å². The summed E-state index contributed by atoms with van der Waals surface area (Å²) in [6.07, 6.45) is 0. The number of primary amides is 1. The van der Waals surface area contributed by atoms with E-state index in [2.05, 4.69) is 9.97 Å². The summed E-state index contributed by atoms with van der Waals surface area (Å²) in [5, 5.41) is 8.81. The van der Waals surface area contributed by atoms with Crippen molar-refractivity contribution >= 4 is 23.6 Å². The first-order valence-corrected chi connectivity index (χ1v) is 5.75. The molecule has 0 radical (unpaired) electrons. The Morgan fingerprint density at radius 1 is 1.35 bits per heavy atom. The Bertz CT molecular complexity index is 476. The number of aryl methyl sites for hydroxylation is 2. The fraction of sp³-hybridized carbons (Fsp3) is 0.400. The van der Waals surface area contributed by atoms with Crippen molar-refractivity contribution in [2.45, 2.75) is 31.0 Å². The number of hydrogen-bond acceptors (Lipinski definition) is 5. The van der Waals surface area contributed by atoms with Crippen molar-refractivity contribution in [3.63, 3.8) is 0 Å². The van der Waals surface area contributed by atoms with Crippen molar-refractivity contribution in [1.29, 1.82) is 0 Å². The monoisotopic (exact) mass is 255 g/mol. The predicted molar refractivity (Wildman–Crippen MR) is 63.0 cm³/mol. The zero-order valence-electron chi connectivity index (χ0n) is 9.72. The first-order chi connectivity index (χ1) is 7.82. The Balaban J connectivity index is 3.21. The number of nitrogens with zero attached hydrogens (tertiary/aromatic N) is 2. The molecule has 0 saturated carbocycles. The van der Waals surface area contributed by atoms with Crippen LogP contribution in [0.4, 0.5) is 0 Å². The number of aromatic carboxylic acids is 1. The van der Waals surface area contributed by atoms with Gasteiger partial charge in [-0.3, -0.25) is 4.79 Å². The van der Waals surface area contributed by atoms with E-state index in [4.69, 9.17) is 10.8 Å². The average Bonchev–Trinajstić information content (AvgIpc) is 2.14. The van der Waals surface area contributed by atoms with E-state index in [0.717, 1.165) is 11.8 Å². The van der Waals surface area contributed by atoms with Gasteiger partial charge < -0.3 is 10.8 Å². The minimum atomic E-state index is -1.11. The number of hydrogen-bond donors (Lipinski definition) is 2. The SMILES string of the molecule is Cc1nc(C)c(C(=O)O)c(SC(C)C(N)=O)n1. The maximum atomic E-state index is 11.1. The van der Waals surface area contributed by atoms with Crippen LogP contribution in [0.15, 0.2) is 5.03 Å². The highest BCUT2D eigenvalue weighted by Gasteiger charge is 2.21. The number of carboxylic acids is 1. The number of carbonyl (C=O) groups is 2. The summed E-state index contributed by atoms with van der Waals surface area (Å²) in [4.78, 5) is 30.1. The number of amides is 1. The van der Waals surface area contributed by atoms with Crippen LogP contribution in [0.2, 0.25) is 0 Å². The molecule has 0 aliphatic rings. The Hall–Kier alpha value is -1.63. The van der Waals surface area contributed by atoms with Gasteiger partial charge in [0.25, 0.3) is 0 Å². The van der Waals surface area contributed by atoms with Gasteiger partial charge in [-0.05, 0) is 20.8 Å². The topological polar surface area (TPSA) is 106 Å². The van der Waals surface area contributed by atoms with Crippen molar-refractivity contribution < 1.29 is 14.7 Å². The lowest BCUT2D eigenvalue weighted by atomic mass is 10.2. The van der Waals surface area contributed by atoms with Crippen LogP contribution in [0.5, 0.6) is 0 Å². The van der Waals surface area contributed by atoms with Crippen LogP contribution in [0.3, 0.4) is 0 Å². The van der Waals surface area contributed by atoms with Crippen LogP contribution in [0.1, 0.15) is 28.8 Å². The van der Waals surface area contributed by atoms with E-state index in [1.165, 1.54) is 0 Å². The molecule has 0 saturated heterocycles. The molecule has 0 bridgehead atoms. The maximum Gasteiger partial charge on any atom is 0.340 e. The van der Waals surface area contributed by atoms with Gasteiger partial charge in [0, 0.05) is 0 Å². The summed E-state index contributed by atoms with van der Waals surface area (Å²) >= 11 is 1.03. The summed E-state index contributed by atoms with van der Waals surface area (Å²) in [7, 11) is 0. The molecular formula is C10H13N3O3S. The maximum absolute atomic E-state index is 11.1. The Kier molecular flexibility index (Phi) is 4.06. The van der Waals surface area contributed by atoms with Gasteiger partial charge in [0.1, 0.15) is 16.4 Å². The van der Waals surface area contributed by atoms with Gasteiger partial charge in [-0.2, -0.15) is 0 Å². The standard InChI is InChI=1S/C10H13N3O3S/c1-4-7(10(15)16)9(13-6(3)12-4)17-5(2)8(11)14/h5H,1-3H3,(H2,11,14)(H,15,16). The molecule has 0 aromatic carbocycles. The van der Waals surface area contributed by atoms with Gasteiger partial charge in [0.15, 0.2) is 0 Å². The Morgan fingerprint density at radius 2 is 1.94 bits per heavy atom. The van der Waals surface area contributed by atoms with E-state index in [1.54, 1.807) is 20.8 Å². The van der Waals surface area contributed by atoms with E-state index in [9.17, 15) is 9.59 Å². The van der Waals surface area contributed by atoms with E-state index >= 15 is 0 Å². The molecule has 1 aromatic rings. The average molecular weight is 255 g/mol. The van der Waals surface area contributed by atoms with Crippen molar-refractivity contribution in [2.24, 2.45) is 5.73 Å². The number of nitrogens with two attached hydrogens (primary N) is 1. The normalized spacial score (nSPS) is 12.2. The Morgan fingerprint density at radius 3 is 2.41 bits per heavy atom. The van der Waals surface area contributed by atoms with Crippen LogP contribution >= 0.6 is 11.8 Å². The molecule has 1 aromatic heterocycles. The second kappa shape index (κ2) is 5.13. The van der Waals surface area contributed by atoms with E-state index in [0.29, 0.717) is 11.5 Å². The summed E-state index contributed by atoms with van der Waals surface area (Å²) < 4.78 is 0. The fourth-order valence-corrected chi connectivity index (χ4v) is 2.23. The van der Waals surface area contributed by atoms with Gasteiger partial charge in [-0.25, -0.2) is 14.8 Å². The molecule has 0 fully saturated rings. The van der Waals surface area contributed by atoms with Crippen molar-refractivity contribution in [1.82, 2.24) is 9.97 Å². The third-order valence-corrected chi connectivity index (χ3v) is 3.18. The van der Waals surface area contributed by atoms with Crippen LogP contribution in [0.25, 0.3) is 0 Å². The second-order valence-electron chi connectivity index (χ2n) is 3.50. The zero-order valence-corrected chi connectivity index (χ0v) is 10.5. The third kappa shape index (κ3) is 3.16. The van der Waals surface area contributed by atoms with Gasteiger partial charge in [0.2, 0.25) is 5.91 Å². The van der Waals surface area contributed by atoms with Gasteiger partial charge in [0.05, 0.1) is 10.9 Å². The second-order valence-corrected chi connectivity index (χ2v) is 4.83. The first-order valence-electron chi connectivity index (χ1n) is 4.87. The highest BCUT2D eigenvalue weighted by Crippen LogP contribution is 2.26. The van der Waals surface area contributed by atoms with Crippen molar-refractivity contribution in [3.8, 4) is 0 Å². The highest BCUT2D eigenvalue weighted by molar-refractivity contribution is 8.00. The molecule has 1 heterocycles. The van der Waals surface area contributed by atoms with Crippen molar-refractivity contribution in [3.05, 3.63) is 17.1 Å². The number of rotatable bonds is 4. The predicted octanol–water partition coefficient (Wildman–Crippen LogP) is 0.758. The largest absolute Gasteiger partial charge is 0.478 e. The molecular weight excluding hydrogens is 242 g/mol. The lowest BCUT2D eigenvalue weighted by Gasteiger charge is -2.11. The van der Waals surface area contributed by atoms with Gasteiger partial charge in [-0.1, -0.05) is 11.8 Å². The van der Waals surface area contributed by atoms with Crippen molar-refractivity contribution in [2.75, 3.05) is 0 Å². The third-order valence-electron chi connectivity index (χ3n) is 2.07. The fourth-order valence-electron chi connectivity index (χ4n) is 1.24.